The van der Waals surface area contributed by atoms with Crippen molar-refractivity contribution in [3.8, 4) is 0 Å². The van der Waals surface area contributed by atoms with E-state index in [0.717, 1.165) is 0 Å². The van der Waals surface area contributed by atoms with Crippen LogP contribution in [0, 0.1) is 17.8 Å². The third-order valence-corrected chi connectivity index (χ3v) is 11.0. The molecule has 0 saturated heterocycles. The van der Waals surface area contributed by atoms with Gasteiger partial charge in [-0.3, -0.25) is 0 Å². The van der Waals surface area contributed by atoms with E-state index < -0.39 is 55.3 Å². The molecule has 0 saturated carbocycles. The minimum absolute atomic E-state index is 0.345. The van der Waals surface area contributed by atoms with Crippen molar-refractivity contribution in [1.82, 2.24) is 0 Å². The standard InChI is InChI=1S/3C4H8O2.C3H7.Sn/c3*1-3(2)4(5)6;1-3-2;/h3*3H,1-2H3,(H,5,6);3H,1-2H3;/q;;;;+3/p-3. The summed E-state index contributed by atoms with van der Waals surface area (Å²) in [6, 6.07) is 0. The van der Waals surface area contributed by atoms with Crippen molar-refractivity contribution in [1.29, 1.82) is 0 Å². The van der Waals surface area contributed by atoms with E-state index in [9.17, 15) is 14.4 Å². The summed E-state index contributed by atoms with van der Waals surface area (Å²) in [6.07, 6.45) is 0. The molecule has 0 radical (unpaired) electrons. The number of carbonyl (C=O) groups is 3. The second kappa shape index (κ2) is 8.74. The molecule has 7 heteroatoms. The topological polar surface area (TPSA) is 78.9 Å². The van der Waals surface area contributed by atoms with Crippen LogP contribution in [0.15, 0.2) is 0 Å². The van der Waals surface area contributed by atoms with E-state index in [0.29, 0.717) is 0 Å². The van der Waals surface area contributed by atoms with Gasteiger partial charge in [0.1, 0.15) is 0 Å². The van der Waals surface area contributed by atoms with Crippen LogP contribution in [-0.4, -0.2) is 37.5 Å². The van der Waals surface area contributed by atoms with E-state index >= 15 is 0 Å². The first-order chi connectivity index (χ1) is 9.92. The molecule has 0 aromatic rings. The van der Waals surface area contributed by atoms with Crippen molar-refractivity contribution < 1.29 is 23.6 Å². The second-order valence-corrected chi connectivity index (χ2v) is 15.0. The van der Waals surface area contributed by atoms with Gasteiger partial charge < -0.3 is 0 Å². The van der Waals surface area contributed by atoms with E-state index in [4.69, 9.17) is 9.22 Å². The molecule has 0 aliphatic carbocycles. The molecule has 0 atom stereocenters. The molecular formula is C15H28O6Sn. The van der Waals surface area contributed by atoms with Gasteiger partial charge in [0.05, 0.1) is 0 Å². The second-order valence-electron chi connectivity index (χ2n) is 6.49. The monoisotopic (exact) mass is 424 g/mol. The minimum atomic E-state index is -4.70. The number of hydrogen-bond acceptors (Lipinski definition) is 6. The van der Waals surface area contributed by atoms with Crippen molar-refractivity contribution in [2.24, 2.45) is 17.8 Å². The van der Waals surface area contributed by atoms with Crippen molar-refractivity contribution in [3.63, 3.8) is 0 Å². The maximum absolute atomic E-state index is 12.0. The SMILES string of the molecule is CC(C)C(=O)[O][Sn]([O]C(=O)C(C)C)([O]C(=O)C(C)C)[CH](C)C. The predicted octanol–water partition coefficient (Wildman–Crippen LogP) is 2.93. The van der Waals surface area contributed by atoms with Crippen molar-refractivity contribution in [2.75, 3.05) is 0 Å². The van der Waals surface area contributed by atoms with Gasteiger partial charge in [0.2, 0.25) is 0 Å². The summed E-state index contributed by atoms with van der Waals surface area (Å²) in [5, 5.41) is 0. The average Bonchev–Trinajstić information content (AvgIpc) is 2.37. The Morgan fingerprint density at radius 1 is 0.591 bits per heavy atom. The summed E-state index contributed by atoms with van der Waals surface area (Å²) in [4.78, 5) is 36.0. The summed E-state index contributed by atoms with van der Waals surface area (Å²) >= 11 is -4.70. The van der Waals surface area contributed by atoms with Gasteiger partial charge in [0.15, 0.2) is 0 Å². The molecule has 0 fully saturated rings. The Kier molecular flexibility index (Phi) is 8.43. The van der Waals surface area contributed by atoms with Crippen LogP contribution >= 0.6 is 0 Å². The average molecular weight is 423 g/mol. The summed E-state index contributed by atoms with van der Waals surface area (Å²) in [7, 11) is 0. The third kappa shape index (κ3) is 6.14. The Hall–Kier alpha value is -0.791. The molecule has 0 unspecified atom stereocenters. The zero-order valence-corrected chi connectivity index (χ0v) is 17.6. The fourth-order valence-corrected chi connectivity index (χ4v) is 7.98. The van der Waals surface area contributed by atoms with Crippen LogP contribution in [0.2, 0.25) is 3.93 Å². The molecule has 0 aliphatic heterocycles. The molecule has 0 amide bonds. The van der Waals surface area contributed by atoms with Crippen molar-refractivity contribution in [3.05, 3.63) is 0 Å². The third-order valence-electron chi connectivity index (χ3n) is 2.85. The quantitative estimate of drug-likeness (QED) is 0.587. The van der Waals surface area contributed by atoms with Crippen LogP contribution in [0.25, 0.3) is 0 Å². The normalized spacial score (nSPS) is 12.0. The Labute approximate surface area is 138 Å². The van der Waals surface area contributed by atoms with Crippen LogP contribution in [0.5, 0.6) is 0 Å². The molecule has 0 N–H and O–H groups in total. The predicted molar refractivity (Wildman–Crippen MR) is 83.6 cm³/mol. The van der Waals surface area contributed by atoms with Gasteiger partial charge in [0, 0.05) is 0 Å². The first-order valence-electron chi connectivity index (χ1n) is 7.61. The molecule has 128 valence electrons. The fraction of sp³-hybridized carbons (Fsp3) is 0.800. The first-order valence-corrected chi connectivity index (χ1v) is 12.8. The molecule has 0 aromatic carbocycles. The molecule has 0 aliphatic rings. The van der Waals surface area contributed by atoms with Crippen LogP contribution in [-0.2, 0) is 23.6 Å². The van der Waals surface area contributed by atoms with Gasteiger partial charge in [0.25, 0.3) is 0 Å². The number of carbonyl (C=O) groups excluding carboxylic acids is 3. The van der Waals surface area contributed by atoms with Crippen molar-refractivity contribution in [2.45, 2.75) is 59.3 Å². The van der Waals surface area contributed by atoms with Crippen LogP contribution in [0.1, 0.15) is 55.4 Å². The van der Waals surface area contributed by atoms with E-state index in [1.807, 2.05) is 0 Å². The zero-order valence-electron chi connectivity index (χ0n) is 14.8. The van der Waals surface area contributed by atoms with E-state index in [2.05, 4.69) is 0 Å². The summed E-state index contributed by atoms with van der Waals surface area (Å²) in [6.45, 7) is 13.5. The molecule has 0 heterocycles. The number of hydrogen-bond donors (Lipinski definition) is 0. The summed E-state index contributed by atoms with van der Waals surface area (Å²) < 4.78 is 16.1. The maximum atomic E-state index is 12.0. The van der Waals surface area contributed by atoms with Gasteiger partial charge in [-0.25, -0.2) is 0 Å². The molecule has 6 nitrogen and oxygen atoms in total. The first kappa shape index (κ1) is 21.2. The van der Waals surface area contributed by atoms with Gasteiger partial charge in [-0.1, -0.05) is 0 Å². The zero-order chi connectivity index (χ0) is 17.7. The summed E-state index contributed by atoms with van der Waals surface area (Å²) in [5.74, 6) is -2.74. The Balaban J connectivity index is 5.58. The Morgan fingerprint density at radius 2 is 0.818 bits per heavy atom. The van der Waals surface area contributed by atoms with Gasteiger partial charge in [-0.2, -0.15) is 0 Å². The van der Waals surface area contributed by atoms with E-state index in [1.54, 1.807) is 55.4 Å². The van der Waals surface area contributed by atoms with Crippen molar-refractivity contribution >= 4 is 37.5 Å². The molecule has 0 spiro atoms. The molecule has 0 rings (SSSR count). The summed E-state index contributed by atoms with van der Waals surface area (Å²) in [5.41, 5.74) is 0. The van der Waals surface area contributed by atoms with Gasteiger partial charge in [-0.05, 0) is 0 Å². The van der Waals surface area contributed by atoms with Crippen LogP contribution in [0.4, 0.5) is 0 Å². The Morgan fingerprint density at radius 3 is 0.955 bits per heavy atom. The van der Waals surface area contributed by atoms with E-state index in [-0.39, 0.29) is 3.93 Å². The van der Waals surface area contributed by atoms with Crippen LogP contribution < -0.4 is 0 Å². The van der Waals surface area contributed by atoms with Crippen LogP contribution in [0.3, 0.4) is 0 Å². The molecule has 0 bridgehead atoms. The van der Waals surface area contributed by atoms with E-state index in [1.165, 1.54) is 0 Å². The van der Waals surface area contributed by atoms with Gasteiger partial charge >= 0.3 is 138 Å². The molecular weight excluding hydrogens is 395 g/mol. The Bertz CT molecular complexity index is 359. The molecule has 0 aromatic heterocycles. The molecule has 22 heavy (non-hydrogen) atoms. The fourth-order valence-electron chi connectivity index (χ4n) is 1.19. The number of rotatable bonds is 7. The van der Waals surface area contributed by atoms with Gasteiger partial charge in [-0.15, -0.1) is 0 Å².